The summed E-state index contributed by atoms with van der Waals surface area (Å²) < 4.78 is 11.5. The van der Waals surface area contributed by atoms with Gasteiger partial charge in [0.1, 0.15) is 6.33 Å². The van der Waals surface area contributed by atoms with Gasteiger partial charge in [0.2, 0.25) is 0 Å². The molecular formula is C19H25N7O. The Kier molecular flexibility index (Phi) is 4.65. The maximum Gasteiger partial charge on any atom is 0.273 e. The van der Waals surface area contributed by atoms with Crippen LogP contribution in [0.2, 0.25) is 0 Å². The first-order chi connectivity index (χ1) is 13.0. The van der Waals surface area contributed by atoms with Crippen molar-refractivity contribution in [1.82, 2.24) is 29.2 Å². The number of aryl methyl sites for hydroxylation is 3. The molecule has 1 aliphatic rings. The predicted octanol–water partition coefficient (Wildman–Crippen LogP) is 2.56. The average Bonchev–Trinajstić information content (AvgIpc) is 3.39. The van der Waals surface area contributed by atoms with E-state index in [1.807, 2.05) is 26.1 Å². The maximum absolute atomic E-state index is 5.79. The van der Waals surface area contributed by atoms with Crippen LogP contribution >= 0.6 is 0 Å². The molecule has 4 rings (SSSR count). The summed E-state index contributed by atoms with van der Waals surface area (Å²) in [7, 11) is 0. The van der Waals surface area contributed by atoms with Gasteiger partial charge in [0.25, 0.3) is 5.95 Å². The molecule has 27 heavy (non-hydrogen) atoms. The normalized spacial score (nSPS) is 17.4. The van der Waals surface area contributed by atoms with Crippen LogP contribution in [0.1, 0.15) is 41.2 Å². The molecule has 3 aromatic heterocycles. The van der Waals surface area contributed by atoms with Crippen LogP contribution in [0.5, 0.6) is 0 Å². The van der Waals surface area contributed by atoms with Crippen LogP contribution in [0.15, 0.2) is 23.6 Å². The topological polar surface area (TPSA) is 75.0 Å². The minimum absolute atomic E-state index is 0.315. The Balaban J connectivity index is 1.59. The van der Waals surface area contributed by atoms with Crippen LogP contribution in [-0.2, 0) is 11.3 Å². The van der Waals surface area contributed by atoms with E-state index in [2.05, 4.69) is 44.9 Å². The zero-order chi connectivity index (χ0) is 19.0. The average molecular weight is 367 g/mol. The largest absolute Gasteiger partial charge is 0.376 e. The van der Waals surface area contributed by atoms with Gasteiger partial charge in [-0.3, -0.25) is 0 Å². The summed E-state index contributed by atoms with van der Waals surface area (Å²) in [6, 6.07) is 4.16. The Hall–Kier alpha value is -2.74. The van der Waals surface area contributed by atoms with E-state index < -0.39 is 0 Å². The highest BCUT2D eigenvalue weighted by atomic mass is 16.5. The molecule has 0 aliphatic carbocycles. The Morgan fingerprint density at radius 1 is 1.22 bits per heavy atom. The molecule has 0 saturated carbocycles. The summed E-state index contributed by atoms with van der Waals surface area (Å²) in [5.74, 6) is 0.574. The summed E-state index contributed by atoms with van der Waals surface area (Å²) in [4.78, 5) is 0. The molecule has 0 spiro atoms. The van der Waals surface area contributed by atoms with Gasteiger partial charge in [0.15, 0.2) is 0 Å². The van der Waals surface area contributed by atoms with E-state index in [0.717, 1.165) is 42.9 Å². The van der Waals surface area contributed by atoms with Crippen molar-refractivity contribution < 1.29 is 4.74 Å². The SMILES string of the molecule is Cc1cc(C)n(-c2nncn2/N=C\c2cc(C)n(C[C@@H]3CCCO3)c2C)n1. The zero-order valence-electron chi connectivity index (χ0n) is 16.3. The fourth-order valence-corrected chi connectivity index (χ4v) is 3.63. The summed E-state index contributed by atoms with van der Waals surface area (Å²) >= 11 is 0. The summed E-state index contributed by atoms with van der Waals surface area (Å²) in [6.45, 7) is 9.96. The first kappa shape index (κ1) is 17.7. The molecule has 1 saturated heterocycles. The second-order valence-corrected chi connectivity index (χ2v) is 7.13. The molecule has 142 valence electrons. The van der Waals surface area contributed by atoms with E-state index in [1.54, 1.807) is 15.7 Å². The van der Waals surface area contributed by atoms with Crippen LogP contribution < -0.4 is 0 Å². The van der Waals surface area contributed by atoms with Gasteiger partial charge in [-0.05, 0) is 52.7 Å². The molecule has 1 atom stereocenters. The Morgan fingerprint density at radius 2 is 2.07 bits per heavy atom. The van der Waals surface area contributed by atoms with Gasteiger partial charge in [-0.1, -0.05) is 0 Å². The molecule has 8 heteroatoms. The summed E-state index contributed by atoms with van der Waals surface area (Å²) in [5.41, 5.74) is 5.41. The monoisotopic (exact) mass is 367 g/mol. The molecule has 4 heterocycles. The molecule has 0 N–H and O–H groups in total. The molecule has 0 bridgehead atoms. The first-order valence-electron chi connectivity index (χ1n) is 9.29. The standard InChI is InChI=1S/C19H25N7O/c1-13-8-15(3)26(23-13)19-22-20-12-25(19)21-10-17-9-14(2)24(16(17)4)11-18-6-5-7-27-18/h8-10,12,18H,5-7,11H2,1-4H3/b21-10-/t18-/m0/s1. The lowest BCUT2D eigenvalue weighted by atomic mass is 10.2. The number of hydrogen-bond acceptors (Lipinski definition) is 5. The van der Waals surface area contributed by atoms with E-state index in [-0.39, 0.29) is 0 Å². The van der Waals surface area contributed by atoms with Gasteiger partial charge in [0, 0.05) is 35.8 Å². The van der Waals surface area contributed by atoms with Crippen molar-refractivity contribution in [3.8, 4) is 5.95 Å². The molecule has 1 aliphatic heterocycles. The van der Waals surface area contributed by atoms with Gasteiger partial charge in [0.05, 0.1) is 18.0 Å². The summed E-state index contributed by atoms with van der Waals surface area (Å²) in [5, 5.41) is 17.2. The molecule has 1 fully saturated rings. The highest BCUT2D eigenvalue weighted by molar-refractivity contribution is 5.81. The van der Waals surface area contributed by atoms with Crippen molar-refractivity contribution in [3.63, 3.8) is 0 Å². The number of hydrogen-bond donors (Lipinski definition) is 0. The second-order valence-electron chi connectivity index (χ2n) is 7.13. The molecule has 3 aromatic rings. The van der Waals surface area contributed by atoms with Crippen molar-refractivity contribution in [1.29, 1.82) is 0 Å². The molecular weight excluding hydrogens is 342 g/mol. The molecule has 0 unspecified atom stereocenters. The van der Waals surface area contributed by atoms with Gasteiger partial charge < -0.3 is 9.30 Å². The minimum Gasteiger partial charge on any atom is -0.376 e. The van der Waals surface area contributed by atoms with Gasteiger partial charge in [-0.15, -0.1) is 10.2 Å². The summed E-state index contributed by atoms with van der Waals surface area (Å²) in [6.07, 6.45) is 6.05. The van der Waals surface area contributed by atoms with E-state index in [1.165, 1.54) is 11.4 Å². The van der Waals surface area contributed by atoms with Crippen LogP contribution in [0.3, 0.4) is 0 Å². The van der Waals surface area contributed by atoms with Crippen molar-refractivity contribution in [2.75, 3.05) is 6.61 Å². The number of aromatic nitrogens is 6. The second kappa shape index (κ2) is 7.11. The lowest BCUT2D eigenvalue weighted by Gasteiger charge is -2.14. The van der Waals surface area contributed by atoms with Crippen molar-refractivity contribution >= 4 is 6.21 Å². The van der Waals surface area contributed by atoms with Crippen molar-refractivity contribution in [2.45, 2.75) is 53.2 Å². The molecule has 8 nitrogen and oxygen atoms in total. The fraction of sp³-hybridized carbons (Fsp3) is 0.474. The Morgan fingerprint density at radius 3 is 2.78 bits per heavy atom. The predicted molar refractivity (Wildman–Crippen MR) is 102 cm³/mol. The number of ether oxygens (including phenoxy) is 1. The molecule has 0 radical (unpaired) electrons. The lowest BCUT2D eigenvalue weighted by Crippen LogP contribution is -2.16. The fourth-order valence-electron chi connectivity index (χ4n) is 3.63. The van der Waals surface area contributed by atoms with Gasteiger partial charge in [-0.2, -0.15) is 14.9 Å². The molecule has 0 aromatic carbocycles. The molecule has 0 amide bonds. The van der Waals surface area contributed by atoms with E-state index >= 15 is 0 Å². The third-order valence-electron chi connectivity index (χ3n) is 5.06. The minimum atomic E-state index is 0.315. The third kappa shape index (κ3) is 3.44. The third-order valence-corrected chi connectivity index (χ3v) is 5.06. The van der Waals surface area contributed by atoms with Crippen LogP contribution in [0, 0.1) is 27.7 Å². The van der Waals surface area contributed by atoms with E-state index in [0.29, 0.717) is 12.1 Å². The van der Waals surface area contributed by atoms with Crippen LogP contribution in [0.25, 0.3) is 5.95 Å². The smallest absolute Gasteiger partial charge is 0.273 e. The Labute approximate surface area is 158 Å². The van der Waals surface area contributed by atoms with E-state index in [9.17, 15) is 0 Å². The van der Waals surface area contributed by atoms with Crippen LogP contribution in [0.4, 0.5) is 0 Å². The first-order valence-corrected chi connectivity index (χ1v) is 9.29. The highest BCUT2D eigenvalue weighted by Crippen LogP contribution is 2.19. The zero-order valence-corrected chi connectivity index (χ0v) is 16.3. The Bertz CT molecular complexity index is 973. The lowest BCUT2D eigenvalue weighted by molar-refractivity contribution is 0.0962. The number of rotatable bonds is 5. The number of nitrogens with zero attached hydrogens (tertiary/aromatic N) is 7. The van der Waals surface area contributed by atoms with Gasteiger partial charge >= 0.3 is 0 Å². The van der Waals surface area contributed by atoms with Crippen molar-refractivity contribution in [2.24, 2.45) is 5.10 Å². The van der Waals surface area contributed by atoms with E-state index in [4.69, 9.17) is 4.74 Å². The quantitative estimate of drug-likeness (QED) is 0.650. The van der Waals surface area contributed by atoms with Crippen molar-refractivity contribution in [3.05, 3.63) is 46.8 Å². The maximum atomic E-state index is 5.79. The van der Waals surface area contributed by atoms with Crippen LogP contribution in [-0.4, -0.2) is 48.1 Å². The highest BCUT2D eigenvalue weighted by Gasteiger charge is 2.18. The van der Waals surface area contributed by atoms with Gasteiger partial charge in [-0.25, -0.2) is 4.68 Å².